The standard InChI is InChI=1S/C23H40N4O2/c1-4-24-23(25-12-7-13-29-19-20-10-14-28-15-11-20)26-17-21-8-6-9-22(16-21)18-27(3)5-2/h6,8-9,16,20H,4-5,7,10-15,17-19H2,1-3H3,(H2,24,25,26). The highest BCUT2D eigenvalue weighted by molar-refractivity contribution is 5.79. The molecule has 0 saturated carbocycles. The number of guanidine groups is 1. The number of hydrogen-bond acceptors (Lipinski definition) is 4. The normalized spacial score (nSPS) is 15.7. The number of ether oxygens (including phenoxy) is 2. The Morgan fingerprint density at radius 1 is 1.21 bits per heavy atom. The van der Waals surface area contributed by atoms with E-state index in [0.29, 0.717) is 12.5 Å². The van der Waals surface area contributed by atoms with Crippen LogP contribution in [0.5, 0.6) is 0 Å². The molecule has 1 aliphatic heterocycles. The zero-order chi connectivity index (χ0) is 20.7. The van der Waals surface area contributed by atoms with E-state index in [4.69, 9.17) is 14.5 Å². The number of benzene rings is 1. The second-order valence-electron chi connectivity index (χ2n) is 7.76. The van der Waals surface area contributed by atoms with Gasteiger partial charge in [-0.15, -0.1) is 0 Å². The second kappa shape index (κ2) is 14.4. The summed E-state index contributed by atoms with van der Waals surface area (Å²) in [5, 5.41) is 6.74. The van der Waals surface area contributed by atoms with Crippen molar-refractivity contribution in [3.63, 3.8) is 0 Å². The van der Waals surface area contributed by atoms with Crippen molar-refractivity contribution >= 4 is 5.96 Å². The molecule has 1 aromatic carbocycles. The van der Waals surface area contributed by atoms with E-state index in [-0.39, 0.29) is 0 Å². The highest BCUT2D eigenvalue weighted by atomic mass is 16.5. The molecule has 2 N–H and O–H groups in total. The Labute approximate surface area is 177 Å². The van der Waals surface area contributed by atoms with Crippen LogP contribution in [-0.4, -0.2) is 64.0 Å². The summed E-state index contributed by atoms with van der Waals surface area (Å²) in [5.41, 5.74) is 2.57. The van der Waals surface area contributed by atoms with Gasteiger partial charge in [-0.25, -0.2) is 4.99 Å². The number of aliphatic imine (C=N–C) groups is 1. The van der Waals surface area contributed by atoms with Crippen LogP contribution in [0.2, 0.25) is 0 Å². The van der Waals surface area contributed by atoms with Crippen LogP contribution in [0.4, 0.5) is 0 Å². The molecule has 1 aromatic rings. The van der Waals surface area contributed by atoms with Crippen LogP contribution < -0.4 is 10.6 Å². The van der Waals surface area contributed by atoms with Crippen LogP contribution >= 0.6 is 0 Å². The van der Waals surface area contributed by atoms with Gasteiger partial charge in [0.05, 0.1) is 6.54 Å². The van der Waals surface area contributed by atoms with Crippen molar-refractivity contribution in [2.24, 2.45) is 10.9 Å². The molecule has 0 unspecified atom stereocenters. The predicted octanol–water partition coefficient (Wildman–Crippen LogP) is 3.03. The third-order valence-electron chi connectivity index (χ3n) is 5.20. The second-order valence-corrected chi connectivity index (χ2v) is 7.76. The topological polar surface area (TPSA) is 58.1 Å². The lowest BCUT2D eigenvalue weighted by Gasteiger charge is -2.21. The molecule has 0 amide bonds. The first-order valence-electron chi connectivity index (χ1n) is 11.1. The van der Waals surface area contributed by atoms with E-state index >= 15 is 0 Å². The van der Waals surface area contributed by atoms with E-state index < -0.39 is 0 Å². The number of nitrogens with one attached hydrogen (secondary N) is 2. The van der Waals surface area contributed by atoms with Crippen molar-refractivity contribution in [2.75, 3.05) is 53.1 Å². The molecule has 1 fully saturated rings. The van der Waals surface area contributed by atoms with Crippen LogP contribution in [0.15, 0.2) is 29.3 Å². The van der Waals surface area contributed by atoms with Gasteiger partial charge in [-0.05, 0) is 56.8 Å². The third kappa shape index (κ3) is 10.1. The van der Waals surface area contributed by atoms with Crippen LogP contribution in [0.25, 0.3) is 0 Å². The fourth-order valence-electron chi connectivity index (χ4n) is 3.31. The summed E-state index contributed by atoms with van der Waals surface area (Å²) < 4.78 is 11.2. The largest absolute Gasteiger partial charge is 0.381 e. The summed E-state index contributed by atoms with van der Waals surface area (Å²) in [4.78, 5) is 7.05. The molecule has 1 heterocycles. The van der Waals surface area contributed by atoms with Crippen LogP contribution in [0.1, 0.15) is 44.2 Å². The van der Waals surface area contributed by atoms with Gasteiger partial charge in [0.15, 0.2) is 5.96 Å². The minimum atomic E-state index is 0.670. The summed E-state index contributed by atoms with van der Waals surface area (Å²) in [5.74, 6) is 1.54. The summed E-state index contributed by atoms with van der Waals surface area (Å²) in [6.45, 7) is 12.1. The molecule has 0 aromatic heterocycles. The van der Waals surface area contributed by atoms with Crippen LogP contribution in [0.3, 0.4) is 0 Å². The molecular formula is C23H40N4O2. The highest BCUT2D eigenvalue weighted by Crippen LogP contribution is 2.14. The Kier molecular flexibility index (Phi) is 11.7. The Balaban J connectivity index is 1.69. The molecule has 1 saturated heterocycles. The van der Waals surface area contributed by atoms with Crippen molar-refractivity contribution in [3.8, 4) is 0 Å². The molecule has 29 heavy (non-hydrogen) atoms. The fourth-order valence-corrected chi connectivity index (χ4v) is 3.31. The number of rotatable bonds is 12. The average molecular weight is 405 g/mol. The third-order valence-corrected chi connectivity index (χ3v) is 5.20. The Morgan fingerprint density at radius 3 is 2.76 bits per heavy atom. The van der Waals surface area contributed by atoms with Gasteiger partial charge in [0.2, 0.25) is 0 Å². The summed E-state index contributed by atoms with van der Waals surface area (Å²) in [7, 11) is 2.14. The van der Waals surface area contributed by atoms with Crippen molar-refractivity contribution in [2.45, 2.75) is 46.2 Å². The number of nitrogens with zero attached hydrogens (tertiary/aromatic N) is 2. The molecule has 6 heteroatoms. The Bertz CT molecular complexity index is 588. The maximum absolute atomic E-state index is 5.84. The minimum Gasteiger partial charge on any atom is -0.381 e. The molecule has 0 atom stereocenters. The van der Waals surface area contributed by atoms with Crippen molar-refractivity contribution in [3.05, 3.63) is 35.4 Å². The van der Waals surface area contributed by atoms with E-state index in [1.165, 1.54) is 11.1 Å². The monoisotopic (exact) mass is 404 g/mol. The molecule has 2 rings (SSSR count). The van der Waals surface area contributed by atoms with Gasteiger partial charge in [0, 0.05) is 46.1 Å². The SMILES string of the molecule is CCNC(=NCc1cccc(CN(C)CC)c1)NCCCOCC1CCOCC1. The van der Waals surface area contributed by atoms with Crippen molar-refractivity contribution in [1.82, 2.24) is 15.5 Å². The van der Waals surface area contributed by atoms with E-state index in [1.807, 2.05) is 0 Å². The first kappa shape index (κ1) is 23.6. The van der Waals surface area contributed by atoms with E-state index in [0.717, 1.165) is 77.8 Å². The molecule has 0 bridgehead atoms. The molecule has 164 valence electrons. The molecule has 0 radical (unpaired) electrons. The predicted molar refractivity (Wildman–Crippen MR) is 120 cm³/mol. The van der Waals surface area contributed by atoms with Gasteiger partial charge in [0.25, 0.3) is 0 Å². The summed E-state index contributed by atoms with van der Waals surface area (Å²) >= 11 is 0. The molecular weight excluding hydrogens is 364 g/mol. The maximum atomic E-state index is 5.84. The van der Waals surface area contributed by atoms with Gasteiger partial charge >= 0.3 is 0 Å². The van der Waals surface area contributed by atoms with E-state index in [9.17, 15) is 0 Å². The Morgan fingerprint density at radius 2 is 2.00 bits per heavy atom. The zero-order valence-corrected chi connectivity index (χ0v) is 18.6. The quantitative estimate of drug-likeness (QED) is 0.319. The smallest absolute Gasteiger partial charge is 0.191 e. The average Bonchev–Trinajstić information content (AvgIpc) is 2.75. The van der Waals surface area contributed by atoms with Crippen LogP contribution in [-0.2, 0) is 22.6 Å². The van der Waals surface area contributed by atoms with Crippen LogP contribution in [0, 0.1) is 5.92 Å². The van der Waals surface area contributed by atoms with Crippen molar-refractivity contribution in [1.29, 1.82) is 0 Å². The van der Waals surface area contributed by atoms with Gasteiger partial charge in [0.1, 0.15) is 0 Å². The molecule has 0 aliphatic carbocycles. The highest BCUT2D eigenvalue weighted by Gasteiger charge is 2.13. The zero-order valence-electron chi connectivity index (χ0n) is 18.6. The van der Waals surface area contributed by atoms with Crippen molar-refractivity contribution < 1.29 is 9.47 Å². The minimum absolute atomic E-state index is 0.670. The van der Waals surface area contributed by atoms with E-state index in [1.54, 1.807) is 0 Å². The fraction of sp³-hybridized carbons (Fsp3) is 0.696. The molecule has 6 nitrogen and oxygen atoms in total. The Hall–Kier alpha value is -1.63. The lowest BCUT2D eigenvalue weighted by atomic mass is 10.0. The van der Waals surface area contributed by atoms with Gasteiger partial charge in [-0.3, -0.25) is 0 Å². The van der Waals surface area contributed by atoms with Gasteiger partial charge in [-0.2, -0.15) is 0 Å². The van der Waals surface area contributed by atoms with Gasteiger partial charge < -0.3 is 25.0 Å². The molecule has 0 spiro atoms. The lowest BCUT2D eigenvalue weighted by molar-refractivity contribution is 0.0203. The van der Waals surface area contributed by atoms with E-state index in [2.05, 4.69) is 60.7 Å². The summed E-state index contributed by atoms with van der Waals surface area (Å²) in [6.07, 6.45) is 3.24. The first-order chi connectivity index (χ1) is 14.2. The van der Waals surface area contributed by atoms with Gasteiger partial charge in [-0.1, -0.05) is 31.2 Å². The number of hydrogen-bond donors (Lipinski definition) is 2. The molecule has 1 aliphatic rings. The first-order valence-corrected chi connectivity index (χ1v) is 11.1. The summed E-state index contributed by atoms with van der Waals surface area (Å²) in [6, 6.07) is 8.71. The lowest BCUT2D eigenvalue weighted by Crippen LogP contribution is -2.38. The maximum Gasteiger partial charge on any atom is 0.191 e.